The number of terminal acetylenes is 1. The molecule has 0 aromatic carbocycles. The molecule has 0 radical (unpaired) electrons. The van der Waals surface area contributed by atoms with Crippen molar-refractivity contribution in [3.05, 3.63) is 11.9 Å². The fraction of sp³-hybridized carbons (Fsp3) is 0.758. The Morgan fingerprint density at radius 1 is 0.896 bits per heavy atom. The Morgan fingerprint density at radius 3 is 2.12 bits per heavy atom. The molecule has 0 N–H and O–H groups in total. The minimum atomic E-state index is -1.23. The Hall–Kier alpha value is -3.06. The number of hydrogen-bond acceptors (Lipinski definition) is 13. The second kappa shape index (κ2) is 21.8. The van der Waals surface area contributed by atoms with Crippen LogP contribution in [0, 0.1) is 29.1 Å². The number of halogens is 1. The van der Waals surface area contributed by atoms with Gasteiger partial charge in [0.05, 0.1) is 56.0 Å². The Labute approximate surface area is 292 Å². The minimum absolute atomic E-state index is 0.0151. The van der Waals surface area contributed by atoms with Gasteiger partial charge in [-0.15, -0.1) is 11.5 Å². The van der Waals surface area contributed by atoms with E-state index < -0.39 is 39.0 Å². The highest BCUT2D eigenvalue weighted by molar-refractivity contribution is 9.10. The van der Waals surface area contributed by atoms with E-state index in [-0.39, 0.29) is 78.3 Å². The van der Waals surface area contributed by atoms with E-state index in [1.807, 2.05) is 6.92 Å². The molecule has 1 rings (SSSR count). The number of carbonyl (C=O) groups is 4. The molecule has 0 bridgehead atoms. The van der Waals surface area contributed by atoms with Crippen LogP contribution >= 0.6 is 15.9 Å². The number of alkyl halides is 1. The molecule has 272 valence electrons. The zero-order valence-electron chi connectivity index (χ0n) is 29.3. The molecule has 1 heterocycles. The molecule has 0 spiro atoms. The van der Waals surface area contributed by atoms with Crippen molar-refractivity contribution < 1.29 is 52.3 Å². The lowest BCUT2D eigenvalue weighted by molar-refractivity contribution is -0.167. The van der Waals surface area contributed by atoms with Gasteiger partial charge in [0, 0.05) is 20.1 Å². The number of ether oxygens (including phenoxy) is 7. The molecule has 0 aliphatic rings. The molecule has 0 saturated carbocycles. The number of esters is 4. The SMILES string of the molecule is C#CCOCCOC(=O)C(C)(CC(C)C(=O)OCCOCc1cn(CCCOC(=O)C(C)(C)Br)nn1)CC(C)(CC)C(=O)OCCOC. The summed E-state index contributed by atoms with van der Waals surface area (Å²) in [6.45, 7) is 11.8. The first-order chi connectivity index (χ1) is 22.6. The van der Waals surface area contributed by atoms with Gasteiger partial charge in [-0.05, 0) is 47.0 Å². The van der Waals surface area contributed by atoms with Crippen molar-refractivity contribution in [1.29, 1.82) is 0 Å². The first-order valence-electron chi connectivity index (χ1n) is 16.0. The molecule has 1 aromatic rings. The quantitative estimate of drug-likeness (QED) is 0.0469. The lowest BCUT2D eigenvalue weighted by atomic mass is 9.68. The lowest BCUT2D eigenvalue weighted by Gasteiger charge is -2.37. The Morgan fingerprint density at radius 2 is 1.50 bits per heavy atom. The minimum Gasteiger partial charge on any atom is -0.465 e. The zero-order chi connectivity index (χ0) is 36.2. The van der Waals surface area contributed by atoms with E-state index in [0.29, 0.717) is 25.1 Å². The second-order valence-corrected chi connectivity index (χ2v) is 14.4. The van der Waals surface area contributed by atoms with Crippen LogP contribution < -0.4 is 0 Å². The van der Waals surface area contributed by atoms with Gasteiger partial charge in [-0.2, -0.15) is 0 Å². The molecular weight excluding hydrogens is 694 g/mol. The van der Waals surface area contributed by atoms with E-state index in [1.165, 1.54) is 7.11 Å². The van der Waals surface area contributed by atoms with Gasteiger partial charge < -0.3 is 33.2 Å². The molecule has 0 aliphatic heterocycles. The molecule has 15 heteroatoms. The lowest BCUT2D eigenvalue weighted by Crippen LogP contribution is -2.42. The standard InChI is InChI=1S/C33H52BrN3O11/c1-9-13-43-16-20-48-30(41)33(7,24-32(6,10-2)29(40)47-18-15-42-8)21-25(3)27(38)45-19-17-44-23-26-22-37(36-35-26)12-11-14-46-28(39)31(4,5)34/h1,22,25H,10-21,23-24H2,2-8H3. The molecule has 0 fully saturated rings. The predicted molar refractivity (Wildman–Crippen MR) is 178 cm³/mol. The summed E-state index contributed by atoms with van der Waals surface area (Å²) in [4.78, 5) is 51.2. The number of aromatic nitrogens is 3. The number of aryl methyl sites for hydroxylation is 1. The molecule has 3 unspecified atom stereocenters. The number of hydrogen-bond donors (Lipinski definition) is 0. The average molecular weight is 747 g/mol. The topological polar surface area (TPSA) is 164 Å². The molecule has 3 atom stereocenters. The molecular formula is C33H52BrN3O11. The van der Waals surface area contributed by atoms with Crippen LogP contribution in [0.4, 0.5) is 0 Å². The maximum absolute atomic E-state index is 13.4. The first kappa shape index (κ1) is 43.0. The smallest absolute Gasteiger partial charge is 0.322 e. The van der Waals surface area contributed by atoms with E-state index in [0.717, 1.165) is 0 Å². The summed E-state index contributed by atoms with van der Waals surface area (Å²) in [5, 5.41) is 8.09. The highest BCUT2D eigenvalue weighted by Crippen LogP contribution is 2.42. The van der Waals surface area contributed by atoms with E-state index in [9.17, 15) is 19.2 Å². The van der Waals surface area contributed by atoms with E-state index >= 15 is 0 Å². The third-order valence-corrected chi connectivity index (χ3v) is 7.75. The van der Waals surface area contributed by atoms with Gasteiger partial charge in [0.2, 0.25) is 0 Å². The van der Waals surface area contributed by atoms with Crippen molar-refractivity contribution >= 4 is 39.8 Å². The van der Waals surface area contributed by atoms with Crippen molar-refractivity contribution in [1.82, 2.24) is 15.0 Å². The van der Waals surface area contributed by atoms with Crippen molar-refractivity contribution in [3.8, 4) is 12.3 Å². The summed E-state index contributed by atoms with van der Waals surface area (Å²) in [7, 11) is 1.51. The Kier molecular flexibility index (Phi) is 19.5. The third kappa shape index (κ3) is 15.9. The van der Waals surface area contributed by atoms with Crippen LogP contribution in [0.15, 0.2) is 6.20 Å². The maximum atomic E-state index is 13.4. The van der Waals surface area contributed by atoms with Gasteiger partial charge in [0.25, 0.3) is 0 Å². The zero-order valence-corrected chi connectivity index (χ0v) is 30.9. The van der Waals surface area contributed by atoms with Crippen molar-refractivity contribution in [3.63, 3.8) is 0 Å². The van der Waals surface area contributed by atoms with Crippen molar-refractivity contribution in [2.24, 2.45) is 16.7 Å². The highest BCUT2D eigenvalue weighted by atomic mass is 79.9. The monoisotopic (exact) mass is 745 g/mol. The molecule has 1 aromatic heterocycles. The molecule has 0 saturated heterocycles. The molecule has 48 heavy (non-hydrogen) atoms. The van der Waals surface area contributed by atoms with Crippen LogP contribution in [0.25, 0.3) is 0 Å². The van der Waals surface area contributed by atoms with Crippen LogP contribution in [-0.2, 0) is 65.5 Å². The van der Waals surface area contributed by atoms with Crippen LogP contribution in [0.3, 0.4) is 0 Å². The Bertz CT molecular complexity index is 1200. The van der Waals surface area contributed by atoms with Gasteiger partial charge in [0.15, 0.2) is 0 Å². The summed E-state index contributed by atoms with van der Waals surface area (Å²) in [5.74, 6) is -0.261. The van der Waals surface area contributed by atoms with Gasteiger partial charge in [0.1, 0.15) is 36.4 Å². The van der Waals surface area contributed by atoms with Crippen LogP contribution in [-0.4, -0.2) is 103 Å². The van der Waals surface area contributed by atoms with Gasteiger partial charge in [-0.3, -0.25) is 23.9 Å². The second-order valence-electron chi connectivity index (χ2n) is 12.4. The van der Waals surface area contributed by atoms with Gasteiger partial charge in [-0.1, -0.05) is 40.9 Å². The number of nitrogens with zero attached hydrogens (tertiary/aromatic N) is 3. The molecule has 0 aliphatic carbocycles. The number of rotatable bonds is 25. The summed E-state index contributed by atoms with van der Waals surface area (Å²) in [6, 6.07) is 0. The number of methoxy groups -OCH3 is 1. The normalized spacial score (nSPS) is 14.6. The fourth-order valence-electron chi connectivity index (χ4n) is 4.68. The van der Waals surface area contributed by atoms with Gasteiger partial charge in [-0.25, -0.2) is 0 Å². The van der Waals surface area contributed by atoms with Gasteiger partial charge >= 0.3 is 23.9 Å². The summed E-state index contributed by atoms with van der Waals surface area (Å²) in [5.41, 5.74) is -1.67. The van der Waals surface area contributed by atoms with E-state index in [2.05, 4.69) is 32.2 Å². The fourth-order valence-corrected chi connectivity index (χ4v) is 4.79. The van der Waals surface area contributed by atoms with Crippen molar-refractivity contribution in [2.75, 3.05) is 60.0 Å². The summed E-state index contributed by atoms with van der Waals surface area (Å²) in [6.07, 6.45) is 8.02. The van der Waals surface area contributed by atoms with Crippen LogP contribution in [0.2, 0.25) is 0 Å². The van der Waals surface area contributed by atoms with E-state index in [1.54, 1.807) is 45.5 Å². The molecule has 14 nitrogen and oxygen atoms in total. The Balaban J connectivity index is 2.67. The number of carbonyl (C=O) groups excluding carboxylic acids is 4. The molecule has 0 amide bonds. The van der Waals surface area contributed by atoms with Crippen molar-refractivity contribution in [2.45, 2.75) is 84.7 Å². The van der Waals surface area contributed by atoms with E-state index in [4.69, 9.17) is 39.6 Å². The average Bonchev–Trinajstić information content (AvgIpc) is 3.49. The summed E-state index contributed by atoms with van der Waals surface area (Å²) < 4.78 is 38.2. The highest BCUT2D eigenvalue weighted by Gasteiger charge is 2.47. The largest absolute Gasteiger partial charge is 0.465 e. The third-order valence-electron chi connectivity index (χ3n) is 7.43. The van der Waals surface area contributed by atoms with Crippen LogP contribution in [0.5, 0.6) is 0 Å². The predicted octanol–water partition coefficient (Wildman–Crippen LogP) is 3.67. The first-order valence-corrected chi connectivity index (χ1v) is 16.7. The van der Waals surface area contributed by atoms with Crippen LogP contribution in [0.1, 0.15) is 72.9 Å². The maximum Gasteiger partial charge on any atom is 0.322 e. The summed E-state index contributed by atoms with van der Waals surface area (Å²) >= 11 is 3.26.